The first-order valence-corrected chi connectivity index (χ1v) is 9.62. The van der Waals surface area contributed by atoms with E-state index >= 15 is 0 Å². The molecule has 0 bridgehead atoms. The third kappa shape index (κ3) is 23.6. The van der Waals surface area contributed by atoms with Crippen molar-refractivity contribution >= 4 is 11.6 Å². The average Bonchev–Trinajstić information content (AvgIpc) is 2.63. The lowest BCUT2D eigenvalue weighted by Gasteiger charge is -2.08. The van der Waals surface area contributed by atoms with Gasteiger partial charge in [0.2, 0.25) is 0 Å². The monoisotopic (exact) mass is 382 g/mol. The van der Waals surface area contributed by atoms with Crippen molar-refractivity contribution in [2.75, 3.05) is 78.6 Å². The number of rotatable bonds is 22. The quantitative estimate of drug-likeness (QED) is 0.163. The zero-order chi connectivity index (χ0) is 18.3. The first-order valence-electron chi connectivity index (χ1n) is 9.09. The minimum atomic E-state index is 0.520. The molecule has 0 aromatic heterocycles. The Hall–Kier alpha value is -0.370. The molecule has 6 nitrogen and oxygen atoms in total. The number of hydrogen-bond acceptors (Lipinski definition) is 6. The Morgan fingerprint density at radius 3 is 1.36 bits per heavy atom. The highest BCUT2D eigenvalue weighted by Crippen LogP contribution is 2.01. The van der Waals surface area contributed by atoms with Crippen molar-refractivity contribution in [2.24, 2.45) is 0 Å². The fourth-order valence-corrected chi connectivity index (χ4v) is 2.01. The molecule has 0 heterocycles. The summed E-state index contributed by atoms with van der Waals surface area (Å²) in [6.07, 6.45) is 5.95. The Labute approximate surface area is 157 Å². The molecule has 0 spiro atoms. The van der Waals surface area contributed by atoms with Gasteiger partial charge >= 0.3 is 0 Å². The molecule has 7 heteroatoms. The highest BCUT2D eigenvalue weighted by Gasteiger charge is 1.94. The van der Waals surface area contributed by atoms with Gasteiger partial charge in [0.05, 0.1) is 65.7 Å². The SMILES string of the molecule is C=COCCOCCOCCOCCOCCOCCCCCCCl. The second-order valence-electron chi connectivity index (χ2n) is 5.20. The Balaban J connectivity index is 2.95. The minimum absolute atomic E-state index is 0.520. The number of unbranched alkanes of at least 4 members (excludes halogenated alkanes) is 3. The van der Waals surface area contributed by atoms with Crippen LogP contribution in [0.5, 0.6) is 0 Å². The van der Waals surface area contributed by atoms with Crippen LogP contribution in [-0.4, -0.2) is 78.6 Å². The molecule has 0 aromatic rings. The van der Waals surface area contributed by atoms with E-state index in [1.54, 1.807) is 0 Å². The van der Waals surface area contributed by atoms with Gasteiger partial charge < -0.3 is 28.4 Å². The van der Waals surface area contributed by atoms with Gasteiger partial charge in [0.15, 0.2) is 0 Å². The van der Waals surface area contributed by atoms with Crippen molar-refractivity contribution in [3.63, 3.8) is 0 Å². The fourth-order valence-electron chi connectivity index (χ4n) is 1.82. The van der Waals surface area contributed by atoms with E-state index in [-0.39, 0.29) is 0 Å². The highest BCUT2D eigenvalue weighted by molar-refractivity contribution is 6.17. The Bertz CT molecular complexity index is 256. The predicted molar refractivity (Wildman–Crippen MR) is 99.4 cm³/mol. The van der Waals surface area contributed by atoms with Crippen LogP contribution in [0.15, 0.2) is 12.8 Å². The summed E-state index contributed by atoms with van der Waals surface area (Å²) in [5, 5.41) is 0. The molecule has 0 fully saturated rings. The molecule has 0 aliphatic carbocycles. The van der Waals surface area contributed by atoms with Gasteiger partial charge in [-0.05, 0) is 12.8 Å². The van der Waals surface area contributed by atoms with E-state index in [0.717, 1.165) is 25.3 Å². The van der Waals surface area contributed by atoms with Crippen molar-refractivity contribution in [3.8, 4) is 0 Å². The third-order valence-corrected chi connectivity index (χ3v) is 3.39. The Kier molecular flexibility index (Phi) is 23.3. The number of ether oxygens (including phenoxy) is 6. The molecule has 0 atom stereocenters. The Morgan fingerprint density at radius 2 is 0.920 bits per heavy atom. The maximum Gasteiger partial charge on any atom is 0.111 e. The molecular formula is C18H35ClO6. The van der Waals surface area contributed by atoms with Gasteiger partial charge in [0.1, 0.15) is 6.61 Å². The minimum Gasteiger partial charge on any atom is -0.499 e. The molecular weight excluding hydrogens is 348 g/mol. The number of hydrogen-bond donors (Lipinski definition) is 0. The second kappa shape index (κ2) is 23.6. The first-order chi connectivity index (χ1) is 12.4. The van der Waals surface area contributed by atoms with Gasteiger partial charge in [-0.25, -0.2) is 0 Å². The predicted octanol–water partition coefficient (Wildman–Crippen LogP) is 3.03. The molecule has 0 saturated carbocycles. The van der Waals surface area contributed by atoms with Gasteiger partial charge in [-0.2, -0.15) is 0 Å². The van der Waals surface area contributed by atoms with Crippen molar-refractivity contribution in [3.05, 3.63) is 12.8 Å². The van der Waals surface area contributed by atoms with Gasteiger partial charge in [-0.15, -0.1) is 11.6 Å². The fraction of sp³-hybridized carbons (Fsp3) is 0.889. The molecule has 150 valence electrons. The van der Waals surface area contributed by atoms with Crippen LogP contribution >= 0.6 is 11.6 Å². The van der Waals surface area contributed by atoms with E-state index in [4.69, 9.17) is 40.0 Å². The van der Waals surface area contributed by atoms with Crippen LogP contribution in [0, 0.1) is 0 Å². The maximum absolute atomic E-state index is 5.62. The number of halogens is 1. The molecule has 0 saturated heterocycles. The first kappa shape index (κ1) is 24.6. The maximum atomic E-state index is 5.62. The largest absolute Gasteiger partial charge is 0.499 e. The lowest BCUT2D eigenvalue weighted by molar-refractivity contribution is -0.0138. The van der Waals surface area contributed by atoms with Crippen LogP contribution in [0.2, 0.25) is 0 Å². The lowest BCUT2D eigenvalue weighted by Crippen LogP contribution is -2.13. The summed E-state index contributed by atoms with van der Waals surface area (Å²) in [5.74, 6) is 0.754. The second-order valence-corrected chi connectivity index (χ2v) is 5.58. The van der Waals surface area contributed by atoms with Crippen molar-refractivity contribution in [1.29, 1.82) is 0 Å². The molecule has 0 aliphatic rings. The highest BCUT2D eigenvalue weighted by atomic mass is 35.5. The van der Waals surface area contributed by atoms with Gasteiger partial charge in [-0.3, -0.25) is 0 Å². The van der Waals surface area contributed by atoms with E-state index in [9.17, 15) is 0 Å². The van der Waals surface area contributed by atoms with Gasteiger partial charge in [0.25, 0.3) is 0 Å². The zero-order valence-corrected chi connectivity index (χ0v) is 16.2. The van der Waals surface area contributed by atoms with Gasteiger partial charge in [0, 0.05) is 12.5 Å². The Morgan fingerprint density at radius 1 is 0.520 bits per heavy atom. The summed E-state index contributed by atoms with van der Waals surface area (Å²) in [6, 6.07) is 0. The summed E-state index contributed by atoms with van der Waals surface area (Å²) >= 11 is 5.62. The van der Waals surface area contributed by atoms with E-state index in [1.807, 2.05) is 0 Å². The molecule has 25 heavy (non-hydrogen) atoms. The summed E-state index contributed by atoms with van der Waals surface area (Å²) in [5.41, 5.74) is 0. The summed E-state index contributed by atoms with van der Waals surface area (Å²) in [7, 11) is 0. The van der Waals surface area contributed by atoms with Crippen LogP contribution in [0.4, 0.5) is 0 Å². The molecule has 0 aliphatic heterocycles. The molecule has 0 aromatic carbocycles. The molecule has 0 radical (unpaired) electrons. The van der Waals surface area contributed by atoms with Crippen LogP contribution in [0.3, 0.4) is 0 Å². The van der Waals surface area contributed by atoms with Gasteiger partial charge in [-0.1, -0.05) is 19.4 Å². The standard InChI is InChI=1S/C18H35ClO6/c1-2-20-9-10-22-13-14-24-17-18-25-16-15-23-12-11-21-8-6-4-3-5-7-19/h2H,1,3-18H2. The zero-order valence-electron chi connectivity index (χ0n) is 15.4. The van der Waals surface area contributed by atoms with Crippen molar-refractivity contribution in [1.82, 2.24) is 0 Å². The van der Waals surface area contributed by atoms with Crippen LogP contribution in [0.1, 0.15) is 25.7 Å². The third-order valence-electron chi connectivity index (χ3n) is 3.12. The topological polar surface area (TPSA) is 55.4 Å². The summed E-state index contributed by atoms with van der Waals surface area (Å²) in [6.45, 7) is 9.91. The van der Waals surface area contributed by atoms with Crippen LogP contribution in [0.25, 0.3) is 0 Å². The summed E-state index contributed by atoms with van der Waals surface area (Å²) < 4.78 is 31.9. The summed E-state index contributed by atoms with van der Waals surface area (Å²) in [4.78, 5) is 0. The van der Waals surface area contributed by atoms with E-state index < -0.39 is 0 Å². The van der Waals surface area contributed by atoms with Crippen molar-refractivity contribution in [2.45, 2.75) is 25.7 Å². The van der Waals surface area contributed by atoms with Crippen LogP contribution in [-0.2, 0) is 28.4 Å². The molecule has 0 unspecified atom stereocenters. The van der Waals surface area contributed by atoms with E-state index in [2.05, 4.69) is 6.58 Å². The normalized spacial score (nSPS) is 10.9. The smallest absolute Gasteiger partial charge is 0.111 e. The van der Waals surface area contributed by atoms with Crippen LogP contribution < -0.4 is 0 Å². The van der Waals surface area contributed by atoms with E-state index in [1.165, 1.54) is 19.1 Å². The van der Waals surface area contributed by atoms with Crippen molar-refractivity contribution < 1.29 is 28.4 Å². The number of alkyl halides is 1. The lowest BCUT2D eigenvalue weighted by atomic mass is 10.2. The average molecular weight is 383 g/mol. The molecule has 0 rings (SSSR count). The molecule has 0 amide bonds. The molecule has 0 N–H and O–H groups in total. The van der Waals surface area contributed by atoms with E-state index in [0.29, 0.717) is 66.1 Å².